The van der Waals surface area contributed by atoms with Crippen molar-refractivity contribution in [2.75, 3.05) is 5.32 Å². The van der Waals surface area contributed by atoms with E-state index in [1.165, 1.54) is 19.2 Å². The minimum atomic E-state index is -4.42. The third-order valence-electron chi connectivity index (χ3n) is 4.25. The molecule has 0 saturated heterocycles. The van der Waals surface area contributed by atoms with Crippen LogP contribution in [0.25, 0.3) is 0 Å². The Morgan fingerprint density at radius 1 is 1.44 bits per heavy atom. The van der Waals surface area contributed by atoms with Gasteiger partial charge in [0, 0.05) is 11.9 Å². The largest absolute Gasteiger partial charge is 0.394 e. The molecule has 8 nitrogen and oxygen atoms in total. The van der Waals surface area contributed by atoms with Crippen LogP contribution >= 0.6 is 0 Å². The second kappa shape index (κ2) is 6.60. The number of carbonyl (C=O) groups is 1. The highest BCUT2D eigenvalue weighted by Crippen LogP contribution is 2.34. The molecular weight excluding hydrogens is 385 g/mol. The van der Waals surface area contributed by atoms with Gasteiger partial charge in [0.1, 0.15) is 0 Å². The van der Waals surface area contributed by atoms with E-state index in [1.807, 2.05) is 0 Å². The number of alkyl halides is 3. The predicted molar refractivity (Wildman–Crippen MR) is 90.7 cm³/mol. The predicted octanol–water partition coefficient (Wildman–Crippen LogP) is 2.54. The molecule has 0 bridgehead atoms. The van der Waals surface area contributed by atoms with Gasteiger partial charge in [0.05, 0.1) is 17.8 Å². The Hall–Kier alpha value is -2.47. The average Bonchev–Trinajstić information content (AvgIpc) is 3.18. The molecule has 1 unspecified atom stereocenters. The fourth-order valence-corrected chi connectivity index (χ4v) is 3.49. The highest BCUT2D eigenvalue weighted by atomic mass is 32.2. The molecular formula is C15H17F3N6O2S. The summed E-state index contributed by atoms with van der Waals surface area (Å²) in [5.74, 6) is 0. The summed E-state index contributed by atoms with van der Waals surface area (Å²) in [7, 11) is -3.58. The van der Waals surface area contributed by atoms with Gasteiger partial charge in [-0.05, 0) is 43.4 Å². The molecule has 0 fully saturated rings. The Kier molecular flexibility index (Phi) is 4.72. The molecule has 27 heavy (non-hydrogen) atoms. The summed E-state index contributed by atoms with van der Waals surface area (Å²) in [5, 5.41) is 11.2. The zero-order valence-electron chi connectivity index (χ0n) is 14.3. The SMILES string of the molecule is Cc1c(CC(F)(F)F)nc2c(c1NC(=O)n1ccc(S(=N)(N)=O)n1)CCC2. The normalized spacial score (nSPS) is 16.0. The summed E-state index contributed by atoms with van der Waals surface area (Å²) >= 11 is 0. The molecule has 0 radical (unpaired) electrons. The fourth-order valence-electron chi connectivity index (χ4n) is 3.02. The van der Waals surface area contributed by atoms with Gasteiger partial charge in [0.25, 0.3) is 0 Å². The third kappa shape index (κ3) is 4.11. The second-order valence-corrected chi connectivity index (χ2v) is 7.88. The summed E-state index contributed by atoms with van der Waals surface area (Å²) in [4.78, 5) is 16.6. The molecule has 1 atom stereocenters. The highest BCUT2D eigenvalue weighted by molar-refractivity contribution is 7.90. The zero-order valence-corrected chi connectivity index (χ0v) is 15.1. The summed E-state index contributed by atoms with van der Waals surface area (Å²) in [5.41, 5.74) is 1.67. The standard InChI is InChI=1S/C15H17F3N6O2S/c1-8-11(7-15(16,17)18)21-10-4-2-3-9(10)13(8)22-14(25)24-6-5-12(23-24)27(19,20)26/h5-6H,2-4,7H2,1H3,(H3,19,20,26)(H,21,22,25). The number of rotatable bonds is 3. The summed E-state index contributed by atoms with van der Waals surface area (Å²) in [6.07, 6.45) is -2.55. The Morgan fingerprint density at radius 3 is 2.74 bits per heavy atom. The lowest BCUT2D eigenvalue weighted by Gasteiger charge is -2.17. The van der Waals surface area contributed by atoms with Gasteiger partial charge in [-0.3, -0.25) is 4.98 Å². The zero-order chi connectivity index (χ0) is 20.0. The van der Waals surface area contributed by atoms with Crippen LogP contribution in [-0.2, 0) is 29.2 Å². The van der Waals surface area contributed by atoms with Crippen molar-refractivity contribution in [3.05, 3.63) is 34.8 Å². The lowest BCUT2D eigenvalue weighted by Crippen LogP contribution is -2.23. The van der Waals surface area contributed by atoms with E-state index in [4.69, 9.17) is 9.92 Å². The van der Waals surface area contributed by atoms with Gasteiger partial charge < -0.3 is 5.32 Å². The quantitative estimate of drug-likeness (QED) is 0.729. The van der Waals surface area contributed by atoms with Crippen molar-refractivity contribution >= 4 is 21.6 Å². The number of fused-ring (bicyclic) bond motifs is 1. The van der Waals surface area contributed by atoms with Crippen LogP contribution in [-0.4, -0.2) is 31.2 Å². The van der Waals surface area contributed by atoms with E-state index >= 15 is 0 Å². The monoisotopic (exact) mass is 402 g/mol. The Morgan fingerprint density at radius 2 is 2.15 bits per heavy atom. The smallest absolute Gasteiger partial charge is 0.305 e. The number of anilines is 1. The minimum absolute atomic E-state index is 0.129. The number of nitrogens with one attached hydrogen (secondary N) is 2. The van der Waals surface area contributed by atoms with Gasteiger partial charge in [-0.1, -0.05) is 0 Å². The molecule has 0 saturated carbocycles. The Balaban J connectivity index is 1.96. The maximum atomic E-state index is 12.8. The number of hydrogen-bond acceptors (Lipinski definition) is 5. The van der Waals surface area contributed by atoms with Crippen molar-refractivity contribution in [2.45, 2.75) is 43.8 Å². The lowest BCUT2D eigenvalue weighted by atomic mass is 10.0. The van der Waals surface area contributed by atoms with Crippen LogP contribution in [0.15, 0.2) is 17.3 Å². The van der Waals surface area contributed by atoms with E-state index in [0.717, 1.165) is 11.1 Å². The molecule has 2 aromatic rings. The molecule has 1 amide bonds. The van der Waals surface area contributed by atoms with E-state index in [0.29, 0.717) is 24.1 Å². The topological polar surface area (TPSA) is 127 Å². The van der Waals surface area contributed by atoms with Gasteiger partial charge in [-0.15, -0.1) is 0 Å². The van der Waals surface area contributed by atoms with Crippen LogP contribution in [0.5, 0.6) is 0 Å². The van der Waals surface area contributed by atoms with Crippen molar-refractivity contribution < 1.29 is 22.2 Å². The first-order valence-electron chi connectivity index (χ1n) is 7.97. The van der Waals surface area contributed by atoms with E-state index in [-0.39, 0.29) is 22.0 Å². The number of amides is 1. The van der Waals surface area contributed by atoms with Gasteiger partial charge in [-0.25, -0.2) is 18.9 Å². The molecule has 146 valence electrons. The number of carbonyl (C=O) groups excluding carboxylic acids is 1. The molecule has 0 spiro atoms. The molecule has 2 aromatic heterocycles. The van der Waals surface area contributed by atoms with Crippen molar-refractivity contribution in [1.29, 1.82) is 4.78 Å². The average molecular weight is 402 g/mol. The maximum absolute atomic E-state index is 12.8. The minimum Gasteiger partial charge on any atom is -0.305 e. The van der Waals surface area contributed by atoms with Gasteiger partial charge >= 0.3 is 12.2 Å². The van der Waals surface area contributed by atoms with Crippen LogP contribution in [0.4, 0.5) is 23.7 Å². The highest BCUT2D eigenvalue weighted by Gasteiger charge is 2.32. The number of aryl methyl sites for hydroxylation is 1. The molecule has 0 aromatic carbocycles. The molecule has 0 aliphatic heterocycles. The van der Waals surface area contributed by atoms with Crippen molar-refractivity contribution in [2.24, 2.45) is 5.14 Å². The second-order valence-electron chi connectivity index (χ2n) is 6.26. The molecule has 1 aliphatic carbocycles. The van der Waals surface area contributed by atoms with Crippen molar-refractivity contribution in [3.63, 3.8) is 0 Å². The first-order valence-corrected chi connectivity index (χ1v) is 9.59. The number of hydrogen-bond donors (Lipinski definition) is 3. The summed E-state index contributed by atoms with van der Waals surface area (Å²) < 4.78 is 58.1. The van der Waals surface area contributed by atoms with Crippen molar-refractivity contribution in [3.8, 4) is 0 Å². The van der Waals surface area contributed by atoms with E-state index < -0.39 is 28.5 Å². The Labute approximate surface area is 153 Å². The van der Waals surface area contributed by atoms with Gasteiger partial charge in [-0.2, -0.15) is 23.0 Å². The van der Waals surface area contributed by atoms with E-state index in [2.05, 4.69) is 15.4 Å². The van der Waals surface area contributed by atoms with Crippen LogP contribution < -0.4 is 10.5 Å². The molecule has 2 heterocycles. The van der Waals surface area contributed by atoms with E-state index in [9.17, 15) is 22.2 Å². The lowest BCUT2D eigenvalue weighted by molar-refractivity contribution is -0.127. The maximum Gasteiger partial charge on any atom is 0.394 e. The number of pyridine rings is 1. The molecule has 12 heteroatoms. The molecule has 4 N–H and O–H groups in total. The molecule has 3 rings (SSSR count). The van der Waals surface area contributed by atoms with Crippen LogP contribution in [0.1, 0.15) is 28.9 Å². The number of aromatic nitrogens is 3. The summed E-state index contributed by atoms with van der Waals surface area (Å²) in [6.45, 7) is 1.48. The number of halogens is 3. The Bertz CT molecular complexity index is 1010. The van der Waals surface area contributed by atoms with E-state index in [1.54, 1.807) is 0 Å². The number of nitrogens with two attached hydrogens (primary N) is 1. The molecule has 1 aliphatic rings. The first-order chi connectivity index (χ1) is 12.5. The van der Waals surface area contributed by atoms with Crippen LogP contribution in [0.3, 0.4) is 0 Å². The fraction of sp³-hybridized carbons (Fsp3) is 0.400. The van der Waals surface area contributed by atoms with Crippen molar-refractivity contribution in [1.82, 2.24) is 14.8 Å². The van der Waals surface area contributed by atoms with Gasteiger partial charge in [0.15, 0.2) is 14.9 Å². The summed E-state index contributed by atoms with van der Waals surface area (Å²) in [6, 6.07) is 0.416. The van der Waals surface area contributed by atoms with Crippen LogP contribution in [0, 0.1) is 11.7 Å². The number of nitrogens with zero attached hydrogens (tertiary/aromatic N) is 3. The van der Waals surface area contributed by atoms with Gasteiger partial charge in [0.2, 0.25) is 0 Å². The first kappa shape index (κ1) is 19.3. The van der Waals surface area contributed by atoms with Crippen LogP contribution in [0.2, 0.25) is 0 Å². The third-order valence-corrected chi connectivity index (χ3v) is 5.09.